The summed E-state index contributed by atoms with van der Waals surface area (Å²) >= 11 is 0. The molecule has 9 heteroatoms. The van der Waals surface area contributed by atoms with Gasteiger partial charge in [0.05, 0.1) is 13.3 Å². The van der Waals surface area contributed by atoms with E-state index in [1.807, 2.05) is 0 Å². The van der Waals surface area contributed by atoms with Crippen LogP contribution in [0.5, 0.6) is 0 Å². The fourth-order valence-corrected chi connectivity index (χ4v) is 2.59. The van der Waals surface area contributed by atoms with Gasteiger partial charge in [-0.1, -0.05) is 0 Å². The van der Waals surface area contributed by atoms with Gasteiger partial charge >= 0.3 is 0 Å². The van der Waals surface area contributed by atoms with Gasteiger partial charge in [0.15, 0.2) is 6.23 Å². The Kier molecular flexibility index (Phi) is 3.25. The van der Waals surface area contributed by atoms with E-state index in [4.69, 9.17) is 15.6 Å². The highest BCUT2D eigenvalue weighted by molar-refractivity contribution is 5.96. The maximum atomic E-state index is 10.0. The number of aliphatic hydroxyl groups is 3. The molecule has 9 nitrogen and oxygen atoms in total. The Hall–Kier alpha value is -1.10. The van der Waals surface area contributed by atoms with Gasteiger partial charge in [-0.15, -0.1) is 0 Å². The lowest BCUT2D eigenvalue weighted by Gasteiger charge is -2.29. The molecule has 6 atom stereocenters. The molecule has 0 spiro atoms. The number of hydrogen-bond donors (Lipinski definition) is 5. The van der Waals surface area contributed by atoms with Crippen molar-refractivity contribution in [3.63, 3.8) is 0 Å². The lowest BCUT2D eigenvalue weighted by atomic mass is 10.1. The molecule has 3 aliphatic heterocycles. The number of rotatable bonds is 2. The highest BCUT2D eigenvalue weighted by Gasteiger charge is 2.49. The minimum Gasteiger partial charge on any atom is -0.394 e. The summed E-state index contributed by atoms with van der Waals surface area (Å²) in [7, 11) is 0. The van der Waals surface area contributed by atoms with Gasteiger partial charge < -0.3 is 30.7 Å². The van der Waals surface area contributed by atoms with Crippen LogP contribution in [0.1, 0.15) is 0 Å². The maximum Gasteiger partial charge on any atom is 0.161 e. The second-order valence-electron chi connectivity index (χ2n) is 4.78. The van der Waals surface area contributed by atoms with Gasteiger partial charge in [-0.05, 0) is 0 Å². The predicted octanol–water partition coefficient (Wildman–Crippen LogP) is -3.62. The summed E-state index contributed by atoms with van der Waals surface area (Å²) in [6, 6.07) is -0.230. The van der Waals surface area contributed by atoms with Crippen LogP contribution < -0.4 is 11.1 Å². The van der Waals surface area contributed by atoms with Gasteiger partial charge in [0.25, 0.3) is 0 Å². The number of amidine groups is 1. The fourth-order valence-electron chi connectivity index (χ4n) is 2.59. The number of fused-ring (bicyclic) bond motifs is 1. The van der Waals surface area contributed by atoms with Crippen LogP contribution in [0.4, 0.5) is 0 Å². The zero-order chi connectivity index (χ0) is 13.6. The van der Waals surface area contributed by atoms with E-state index in [1.54, 1.807) is 4.90 Å². The Morgan fingerprint density at radius 2 is 2.26 bits per heavy atom. The van der Waals surface area contributed by atoms with Gasteiger partial charge in [-0.25, -0.2) is 4.99 Å². The fraction of sp³-hybridized carbons (Fsp3) is 0.800. The monoisotopic (exact) mass is 271 g/mol. The van der Waals surface area contributed by atoms with Crippen molar-refractivity contribution < 1.29 is 20.1 Å². The van der Waals surface area contributed by atoms with Gasteiger partial charge in [0.2, 0.25) is 0 Å². The summed E-state index contributed by atoms with van der Waals surface area (Å²) in [5, 5.41) is 32.0. The number of aliphatic hydroxyl groups excluding tert-OH is 3. The third-order valence-electron chi connectivity index (χ3n) is 3.65. The van der Waals surface area contributed by atoms with Gasteiger partial charge in [0, 0.05) is 0 Å². The normalized spacial score (nSPS) is 45.5. The van der Waals surface area contributed by atoms with Crippen molar-refractivity contribution in [1.82, 2.24) is 10.2 Å². The van der Waals surface area contributed by atoms with Crippen molar-refractivity contribution in [3.8, 4) is 0 Å². The second kappa shape index (κ2) is 4.78. The SMILES string of the molecule is NC1N=CN=C2C1NCN2[C@@H]1O[C@H](CO)[C@@H](O)[C@H]1O. The highest BCUT2D eigenvalue weighted by atomic mass is 16.6. The van der Waals surface area contributed by atoms with Crippen molar-refractivity contribution >= 4 is 12.2 Å². The first-order valence-electron chi connectivity index (χ1n) is 6.11. The van der Waals surface area contributed by atoms with E-state index >= 15 is 0 Å². The van der Waals surface area contributed by atoms with E-state index in [0.29, 0.717) is 12.5 Å². The Balaban J connectivity index is 1.80. The van der Waals surface area contributed by atoms with Gasteiger partial charge in [0.1, 0.15) is 42.7 Å². The van der Waals surface area contributed by atoms with Crippen LogP contribution in [0, 0.1) is 0 Å². The Bertz CT molecular complexity index is 417. The molecule has 0 aromatic carbocycles. The minimum absolute atomic E-state index is 0.230. The largest absolute Gasteiger partial charge is 0.394 e. The third kappa shape index (κ3) is 1.95. The first kappa shape index (κ1) is 12.9. The number of hydrogen-bond acceptors (Lipinski definition) is 9. The van der Waals surface area contributed by atoms with Crippen LogP contribution in [-0.2, 0) is 4.74 Å². The standard InChI is InChI=1S/C10H17N5O4/c11-8-5-9(13-2-12-8)15(3-14-5)10-7(18)6(17)4(1-16)19-10/h2,4-8,10,14,16-18H,1,3,11H2/t4-,5?,6-,7-,8?,10-/m1/s1. The first-order valence-corrected chi connectivity index (χ1v) is 6.11. The molecule has 2 unspecified atom stereocenters. The second-order valence-corrected chi connectivity index (χ2v) is 4.78. The molecular formula is C10H17N5O4. The molecule has 2 fully saturated rings. The number of nitrogens with one attached hydrogen (secondary N) is 1. The molecule has 0 aliphatic carbocycles. The molecule has 0 radical (unpaired) electrons. The van der Waals surface area contributed by atoms with Crippen molar-refractivity contribution in [2.24, 2.45) is 15.7 Å². The number of nitrogens with two attached hydrogens (primary N) is 1. The van der Waals surface area contributed by atoms with Crippen molar-refractivity contribution in [3.05, 3.63) is 0 Å². The van der Waals surface area contributed by atoms with Crippen LogP contribution in [-0.4, -0.2) is 82.4 Å². The summed E-state index contributed by atoms with van der Waals surface area (Å²) in [5.74, 6) is 0.623. The molecule has 3 rings (SSSR count). The van der Waals surface area contributed by atoms with Crippen LogP contribution in [0.2, 0.25) is 0 Å². The number of aliphatic imine (C=N–C) groups is 2. The summed E-state index contributed by atoms with van der Waals surface area (Å²) < 4.78 is 5.47. The van der Waals surface area contributed by atoms with E-state index in [1.165, 1.54) is 6.34 Å². The van der Waals surface area contributed by atoms with E-state index in [-0.39, 0.29) is 12.6 Å². The molecule has 106 valence electrons. The average Bonchev–Trinajstić information content (AvgIpc) is 2.94. The highest BCUT2D eigenvalue weighted by Crippen LogP contribution is 2.27. The number of nitrogens with zero attached hydrogens (tertiary/aromatic N) is 3. The lowest BCUT2D eigenvalue weighted by Crippen LogP contribution is -2.50. The first-order chi connectivity index (χ1) is 9.13. The molecule has 6 N–H and O–H groups in total. The summed E-state index contributed by atoms with van der Waals surface area (Å²) in [6.45, 7) is 0.0278. The van der Waals surface area contributed by atoms with Crippen molar-refractivity contribution in [2.45, 2.75) is 36.7 Å². The summed E-state index contributed by atoms with van der Waals surface area (Å²) in [4.78, 5) is 9.83. The van der Waals surface area contributed by atoms with Gasteiger partial charge in [-0.2, -0.15) is 0 Å². The smallest absolute Gasteiger partial charge is 0.161 e. The predicted molar refractivity (Wildman–Crippen MR) is 65.3 cm³/mol. The Morgan fingerprint density at radius 1 is 1.47 bits per heavy atom. The topological polar surface area (TPSA) is 136 Å². The zero-order valence-corrected chi connectivity index (χ0v) is 10.1. The molecule has 0 saturated carbocycles. The minimum atomic E-state index is -1.12. The Labute approximate surface area is 109 Å². The van der Waals surface area contributed by atoms with Crippen molar-refractivity contribution in [2.75, 3.05) is 13.3 Å². The molecule has 0 aromatic heterocycles. The van der Waals surface area contributed by atoms with E-state index in [2.05, 4.69) is 15.3 Å². The third-order valence-corrected chi connectivity index (χ3v) is 3.65. The lowest BCUT2D eigenvalue weighted by molar-refractivity contribution is -0.0694. The molecule has 0 amide bonds. The Morgan fingerprint density at radius 3 is 2.95 bits per heavy atom. The van der Waals surface area contributed by atoms with Crippen molar-refractivity contribution in [1.29, 1.82) is 0 Å². The van der Waals surface area contributed by atoms with E-state index in [9.17, 15) is 10.2 Å². The van der Waals surface area contributed by atoms with Crippen LogP contribution >= 0.6 is 0 Å². The van der Waals surface area contributed by atoms with E-state index < -0.39 is 30.7 Å². The number of ether oxygens (including phenoxy) is 1. The molecule has 3 heterocycles. The molecular weight excluding hydrogens is 254 g/mol. The van der Waals surface area contributed by atoms with E-state index in [0.717, 1.165) is 0 Å². The molecule has 3 aliphatic rings. The van der Waals surface area contributed by atoms with Gasteiger partial charge in [-0.3, -0.25) is 10.3 Å². The molecule has 0 aromatic rings. The van der Waals surface area contributed by atoms with Crippen LogP contribution in [0.25, 0.3) is 0 Å². The zero-order valence-electron chi connectivity index (χ0n) is 10.1. The summed E-state index contributed by atoms with van der Waals surface area (Å²) in [6.07, 6.45) is -2.86. The summed E-state index contributed by atoms with van der Waals surface area (Å²) in [5.41, 5.74) is 5.84. The van der Waals surface area contributed by atoms with Crippen LogP contribution in [0.15, 0.2) is 9.98 Å². The average molecular weight is 271 g/mol. The quantitative estimate of drug-likeness (QED) is 0.350. The molecule has 19 heavy (non-hydrogen) atoms. The molecule has 0 bridgehead atoms. The van der Waals surface area contributed by atoms with Crippen LogP contribution in [0.3, 0.4) is 0 Å². The molecule has 2 saturated heterocycles. The maximum absolute atomic E-state index is 10.0.